The minimum Gasteiger partial charge on any atom is -0.377 e. The zero-order chi connectivity index (χ0) is 15.7. The number of pyridine rings is 1. The Hall–Kier alpha value is -2.53. The van der Waals surface area contributed by atoms with Crippen molar-refractivity contribution < 1.29 is 9.53 Å². The van der Waals surface area contributed by atoms with Crippen LogP contribution < -0.4 is 5.32 Å². The molecule has 0 aliphatic carbocycles. The summed E-state index contributed by atoms with van der Waals surface area (Å²) in [5, 5.41) is 2.98. The molecule has 2 aliphatic heterocycles. The van der Waals surface area contributed by atoms with Crippen molar-refractivity contribution in [2.24, 2.45) is 4.99 Å². The lowest BCUT2D eigenvalue weighted by molar-refractivity contribution is -0.116. The van der Waals surface area contributed by atoms with Crippen molar-refractivity contribution in [2.75, 3.05) is 13.2 Å². The van der Waals surface area contributed by atoms with Crippen LogP contribution >= 0.6 is 0 Å². The Morgan fingerprint density at radius 3 is 2.61 bits per heavy atom. The van der Waals surface area contributed by atoms with Crippen LogP contribution in [0.25, 0.3) is 11.3 Å². The van der Waals surface area contributed by atoms with E-state index in [1.54, 1.807) is 6.20 Å². The number of hydrogen-bond donors (Lipinski definition) is 1. The van der Waals surface area contributed by atoms with Crippen molar-refractivity contribution in [1.29, 1.82) is 0 Å². The minimum atomic E-state index is -0.565. The summed E-state index contributed by atoms with van der Waals surface area (Å²) in [7, 11) is 0. The number of rotatable bonds is 2. The molecule has 3 heterocycles. The van der Waals surface area contributed by atoms with Gasteiger partial charge in [0, 0.05) is 23.9 Å². The average molecular weight is 307 g/mol. The maximum Gasteiger partial charge on any atom is 0.272 e. The Bertz CT molecular complexity index is 748. The first-order valence-electron chi connectivity index (χ1n) is 7.78. The second-order valence-electron chi connectivity index (χ2n) is 5.89. The molecule has 1 atom stereocenters. The molecular weight excluding hydrogens is 290 g/mol. The van der Waals surface area contributed by atoms with Gasteiger partial charge >= 0.3 is 0 Å². The molecule has 23 heavy (non-hydrogen) atoms. The number of carbonyl (C=O) groups excluding carboxylic acids is 1. The Labute approximate surface area is 134 Å². The molecule has 1 fully saturated rings. The summed E-state index contributed by atoms with van der Waals surface area (Å²) >= 11 is 0. The Morgan fingerprint density at radius 1 is 1.09 bits per heavy atom. The van der Waals surface area contributed by atoms with Gasteiger partial charge < -0.3 is 10.1 Å². The molecule has 0 saturated carbocycles. The zero-order valence-electron chi connectivity index (χ0n) is 12.7. The molecule has 2 aliphatic rings. The van der Waals surface area contributed by atoms with Crippen LogP contribution in [-0.4, -0.2) is 35.5 Å². The van der Waals surface area contributed by atoms with Gasteiger partial charge in [-0.3, -0.25) is 9.78 Å². The molecule has 1 aromatic carbocycles. The molecule has 116 valence electrons. The van der Waals surface area contributed by atoms with E-state index in [0.29, 0.717) is 12.3 Å². The van der Waals surface area contributed by atoms with E-state index in [1.165, 1.54) is 0 Å². The molecule has 1 spiro atoms. The van der Waals surface area contributed by atoms with Gasteiger partial charge in [0.05, 0.1) is 12.3 Å². The highest BCUT2D eigenvalue weighted by molar-refractivity contribution is 6.46. The topological polar surface area (TPSA) is 63.6 Å². The molecule has 2 aromatic rings. The second-order valence-corrected chi connectivity index (χ2v) is 5.89. The lowest BCUT2D eigenvalue weighted by atomic mass is 10.0. The van der Waals surface area contributed by atoms with Crippen LogP contribution in [-0.2, 0) is 9.53 Å². The van der Waals surface area contributed by atoms with Crippen LogP contribution in [0.4, 0.5) is 0 Å². The van der Waals surface area contributed by atoms with Gasteiger partial charge in [0.1, 0.15) is 5.71 Å². The fourth-order valence-corrected chi connectivity index (χ4v) is 3.06. The largest absolute Gasteiger partial charge is 0.377 e. The Kier molecular flexibility index (Phi) is 3.42. The van der Waals surface area contributed by atoms with E-state index >= 15 is 0 Å². The van der Waals surface area contributed by atoms with Crippen LogP contribution in [0, 0.1) is 0 Å². The molecule has 1 unspecified atom stereocenters. The quantitative estimate of drug-likeness (QED) is 0.925. The number of aromatic nitrogens is 1. The lowest BCUT2D eigenvalue weighted by Crippen LogP contribution is -2.48. The third-order valence-electron chi connectivity index (χ3n) is 4.23. The van der Waals surface area contributed by atoms with E-state index in [1.807, 2.05) is 42.5 Å². The van der Waals surface area contributed by atoms with Gasteiger partial charge in [-0.05, 0) is 25.0 Å². The Morgan fingerprint density at radius 2 is 1.91 bits per heavy atom. The van der Waals surface area contributed by atoms with Crippen molar-refractivity contribution in [3.8, 4) is 11.3 Å². The average Bonchev–Trinajstić information content (AvgIpc) is 2.92. The van der Waals surface area contributed by atoms with Crippen molar-refractivity contribution in [1.82, 2.24) is 10.3 Å². The first-order valence-corrected chi connectivity index (χ1v) is 7.78. The third-order valence-corrected chi connectivity index (χ3v) is 4.23. The monoisotopic (exact) mass is 307 g/mol. The summed E-state index contributed by atoms with van der Waals surface area (Å²) in [5.41, 5.74) is 2.68. The van der Waals surface area contributed by atoms with E-state index in [9.17, 15) is 4.79 Å². The van der Waals surface area contributed by atoms with E-state index in [-0.39, 0.29) is 5.91 Å². The number of benzene rings is 1. The lowest BCUT2D eigenvalue weighted by Gasteiger charge is -2.30. The molecular formula is C18H17N3O2. The van der Waals surface area contributed by atoms with Crippen molar-refractivity contribution in [3.05, 3.63) is 54.2 Å². The zero-order valence-corrected chi connectivity index (χ0v) is 12.7. The SMILES string of the molecule is O=C1NC2(CCCOC2)N=C1c1ccc(-c2ccccn2)cc1. The van der Waals surface area contributed by atoms with Crippen LogP contribution in [0.15, 0.2) is 53.7 Å². The Balaban J connectivity index is 1.63. The highest BCUT2D eigenvalue weighted by Gasteiger charge is 2.41. The molecule has 1 N–H and O–H groups in total. The van der Waals surface area contributed by atoms with Crippen LogP contribution in [0.5, 0.6) is 0 Å². The van der Waals surface area contributed by atoms with Gasteiger partial charge in [-0.1, -0.05) is 30.3 Å². The van der Waals surface area contributed by atoms with Crippen molar-refractivity contribution >= 4 is 11.6 Å². The summed E-state index contributed by atoms with van der Waals surface area (Å²) in [5.74, 6) is -0.124. The highest BCUT2D eigenvalue weighted by Crippen LogP contribution is 2.27. The molecule has 0 radical (unpaired) electrons. The number of nitrogens with one attached hydrogen (secondary N) is 1. The molecule has 1 amide bonds. The molecule has 0 bridgehead atoms. The molecule has 1 saturated heterocycles. The minimum absolute atomic E-state index is 0.124. The number of amides is 1. The third kappa shape index (κ3) is 2.64. The number of carbonyl (C=O) groups is 1. The number of nitrogens with zero attached hydrogens (tertiary/aromatic N) is 2. The van der Waals surface area contributed by atoms with Gasteiger partial charge in [0.15, 0.2) is 5.66 Å². The van der Waals surface area contributed by atoms with Crippen molar-refractivity contribution in [3.63, 3.8) is 0 Å². The van der Waals surface area contributed by atoms with Gasteiger partial charge in [0.25, 0.3) is 5.91 Å². The predicted octanol–water partition coefficient (Wildman–Crippen LogP) is 2.17. The number of hydrogen-bond acceptors (Lipinski definition) is 4. The molecule has 5 heteroatoms. The van der Waals surface area contributed by atoms with E-state index < -0.39 is 5.66 Å². The number of ether oxygens (including phenoxy) is 1. The normalized spacial score (nSPS) is 23.7. The standard InChI is InChI=1S/C18H17N3O2/c22-17-16(20-18(21-17)9-3-11-23-12-18)14-7-5-13(6-8-14)15-4-1-2-10-19-15/h1-2,4-8,10H,3,9,11-12H2,(H,21,22). The van der Waals surface area contributed by atoms with Crippen LogP contribution in [0.1, 0.15) is 18.4 Å². The van der Waals surface area contributed by atoms with Gasteiger partial charge in [-0.2, -0.15) is 0 Å². The molecule has 1 aromatic heterocycles. The van der Waals surface area contributed by atoms with Crippen LogP contribution in [0.3, 0.4) is 0 Å². The first kappa shape index (κ1) is 14.1. The summed E-state index contributed by atoms with van der Waals surface area (Å²) in [6, 6.07) is 13.6. The van der Waals surface area contributed by atoms with E-state index in [2.05, 4.69) is 15.3 Å². The van der Waals surface area contributed by atoms with E-state index in [4.69, 9.17) is 4.74 Å². The fourth-order valence-electron chi connectivity index (χ4n) is 3.06. The molecule has 5 nitrogen and oxygen atoms in total. The summed E-state index contributed by atoms with van der Waals surface area (Å²) < 4.78 is 5.49. The number of aliphatic imine (C=N–C) groups is 1. The summed E-state index contributed by atoms with van der Waals surface area (Å²) in [6.07, 6.45) is 3.51. The predicted molar refractivity (Wildman–Crippen MR) is 87.1 cm³/mol. The smallest absolute Gasteiger partial charge is 0.272 e. The van der Waals surface area contributed by atoms with Crippen LogP contribution in [0.2, 0.25) is 0 Å². The fraction of sp³-hybridized carbons (Fsp3) is 0.278. The van der Waals surface area contributed by atoms with Gasteiger partial charge in [-0.25, -0.2) is 4.99 Å². The first-order chi connectivity index (χ1) is 11.3. The summed E-state index contributed by atoms with van der Waals surface area (Å²) in [4.78, 5) is 21.3. The summed E-state index contributed by atoms with van der Waals surface area (Å²) in [6.45, 7) is 1.19. The second kappa shape index (κ2) is 5.59. The highest BCUT2D eigenvalue weighted by atomic mass is 16.5. The van der Waals surface area contributed by atoms with Gasteiger partial charge in [-0.15, -0.1) is 0 Å². The van der Waals surface area contributed by atoms with Gasteiger partial charge in [0.2, 0.25) is 0 Å². The maximum absolute atomic E-state index is 12.3. The maximum atomic E-state index is 12.3. The van der Waals surface area contributed by atoms with Crippen molar-refractivity contribution in [2.45, 2.75) is 18.5 Å². The van der Waals surface area contributed by atoms with E-state index in [0.717, 1.165) is 36.3 Å². The molecule has 4 rings (SSSR count).